The number of hydrogen-bond donors (Lipinski definition) is 1. The molecule has 1 heterocycles. The number of piperidine rings is 1. The molecule has 0 radical (unpaired) electrons. The lowest BCUT2D eigenvalue weighted by atomic mass is 9.91. The summed E-state index contributed by atoms with van der Waals surface area (Å²) in [6.07, 6.45) is 1.55. The minimum absolute atomic E-state index is 0.0793. The highest BCUT2D eigenvalue weighted by Crippen LogP contribution is 2.23. The van der Waals surface area contributed by atoms with Gasteiger partial charge in [0.15, 0.2) is 0 Å². The van der Waals surface area contributed by atoms with Crippen LogP contribution in [0, 0.1) is 11.8 Å². The number of nitrogens with two attached hydrogens (primary N) is 1. The van der Waals surface area contributed by atoms with Gasteiger partial charge in [0.1, 0.15) is 5.75 Å². The van der Waals surface area contributed by atoms with Gasteiger partial charge in [-0.05, 0) is 49.8 Å². The highest BCUT2D eigenvalue weighted by molar-refractivity contribution is 5.29. The lowest BCUT2D eigenvalue weighted by molar-refractivity contribution is 0.134. The molecule has 1 saturated heterocycles. The van der Waals surface area contributed by atoms with Crippen LogP contribution in [0.3, 0.4) is 0 Å². The Kier molecular flexibility index (Phi) is 5.65. The Bertz CT molecular complexity index is 419. The molecule has 0 aromatic heterocycles. The van der Waals surface area contributed by atoms with Crippen LogP contribution in [0.5, 0.6) is 5.75 Å². The molecule has 1 aromatic rings. The van der Waals surface area contributed by atoms with Crippen molar-refractivity contribution >= 4 is 0 Å². The molecule has 21 heavy (non-hydrogen) atoms. The molecule has 1 fully saturated rings. The average Bonchev–Trinajstić information content (AvgIpc) is 2.37. The van der Waals surface area contributed by atoms with Crippen LogP contribution in [0.4, 0.5) is 0 Å². The molecular weight excluding hydrogens is 260 g/mol. The summed E-state index contributed by atoms with van der Waals surface area (Å²) in [5, 5.41) is 0. The molecular formula is C18H30N2O. The third kappa shape index (κ3) is 5.01. The molecule has 0 saturated carbocycles. The number of nitrogens with zero attached hydrogens (tertiary/aromatic N) is 1. The predicted molar refractivity (Wildman–Crippen MR) is 88.5 cm³/mol. The molecule has 3 nitrogen and oxygen atoms in total. The van der Waals surface area contributed by atoms with Gasteiger partial charge in [0.05, 0.1) is 6.10 Å². The molecule has 0 spiro atoms. The Morgan fingerprint density at radius 1 is 1.14 bits per heavy atom. The smallest absolute Gasteiger partial charge is 0.119 e. The van der Waals surface area contributed by atoms with Gasteiger partial charge in [-0.25, -0.2) is 0 Å². The highest BCUT2D eigenvalue weighted by atomic mass is 16.5. The molecule has 3 atom stereocenters. The minimum atomic E-state index is 0.0793. The van der Waals surface area contributed by atoms with Crippen molar-refractivity contribution in [2.45, 2.75) is 46.3 Å². The zero-order valence-electron chi connectivity index (χ0n) is 13.9. The Hall–Kier alpha value is -1.06. The number of hydrogen-bond acceptors (Lipinski definition) is 3. The van der Waals surface area contributed by atoms with Gasteiger partial charge in [-0.1, -0.05) is 26.0 Å². The van der Waals surface area contributed by atoms with E-state index in [2.05, 4.69) is 30.9 Å². The first-order valence-corrected chi connectivity index (χ1v) is 8.18. The molecule has 1 aromatic carbocycles. The van der Waals surface area contributed by atoms with Gasteiger partial charge in [-0.2, -0.15) is 0 Å². The van der Waals surface area contributed by atoms with E-state index in [-0.39, 0.29) is 12.1 Å². The summed E-state index contributed by atoms with van der Waals surface area (Å²) in [5.74, 6) is 2.48. The number of benzene rings is 1. The fourth-order valence-corrected chi connectivity index (χ4v) is 3.39. The van der Waals surface area contributed by atoms with E-state index in [1.807, 2.05) is 26.0 Å². The zero-order chi connectivity index (χ0) is 15.4. The van der Waals surface area contributed by atoms with Gasteiger partial charge < -0.3 is 15.4 Å². The van der Waals surface area contributed by atoms with Crippen LogP contribution in [-0.4, -0.2) is 30.6 Å². The summed E-state index contributed by atoms with van der Waals surface area (Å²) in [6.45, 7) is 12.0. The Balaban J connectivity index is 1.92. The quantitative estimate of drug-likeness (QED) is 0.902. The predicted octanol–water partition coefficient (Wildman–Crippen LogP) is 3.45. The van der Waals surface area contributed by atoms with Gasteiger partial charge >= 0.3 is 0 Å². The lowest BCUT2D eigenvalue weighted by Gasteiger charge is -2.36. The SMILES string of the molecule is CC1CC(C)CN(CC(N)c2ccc(OC(C)C)cc2)C1. The average molecular weight is 290 g/mol. The van der Waals surface area contributed by atoms with Crippen LogP contribution in [0.25, 0.3) is 0 Å². The Labute approximate surface area is 129 Å². The normalized spacial score (nSPS) is 25.0. The van der Waals surface area contributed by atoms with Gasteiger partial charge in [-0.15, -0.1) is 0 Å². The monoisotopic (exact) mass is 290 g/mol. The van der Waals surface area contributed by atoms with Crippen LogP contribution < -0.4 is 10.5 Å². The maximum atomic E-state index is 6.39. The second kappa shape index (κ2) is 7.28. The maximum absolute atomic E-state index is 6.39. The number of rotatable bonds is 5. The van der Waals surface area contributed by atoms with Crippen LogP contribution in [-0.2, 0) is 0 Å². The lowest BCUT2D eigenvalue weighted by Crippen LogP contribution is -2.42. The highest BCUT2D eigenvalue weighted by Gasteiger charge is 2.23. The molecule has 1 aliphatic rings. The molecule has 2 rings (SSSR count). The van der Waals surface area contributed by atoms with Gasteiger partial charge in [-0.3, -0.25) is 0 Å². The molecule has 118 valence electrons. The van der Waals surface area contributed by atoms with E-state index in [0.29, 0.717) is 0 Å². The maximum Gasteiger partial charge on any atom is 0.119 e. The fourth-order valence-electron chi connectivity index (χ4n) is 3.39. The summed E-state index contributed by atoms with van der Waals surface area (Å²) < 4.78 is 5.68. The largest absolute Gasteiger partial charge is 0.491 e. The van der Waals surface area contributed by atoms with Crippen molar-refractivity contribution in [3.8, 4) is 5.75 Å². The standard InChI is InChI=1S/C18H30N2O/c1-13(2)21-17-7-5-16(6-8-17)18(19)12-20-10-14(3)9-15(4)11-20/h5-8,13-15,18H,9-12,19H2,1-4H3. The van der Waals surface area contributed by atoms with E-state index in [9.17, 15) is 0 Å². The Morgan fingerprint density at radius 3 is 2.24 bits per heavy atom. The second-order valence-corrected chi connectivity index (χ2v) is 7.01. The van der Waals surface area contributed by atoms with E-state index in [1.165, 1.54) is 25.1 Å². The van der Waals surface area contributed by atoms with Gasteiger partial charge in [0, 0.05) is 25.7 Å². The first-order chi connectivity index (χ1) is 9.94. The van der Waals surface area contributed by atoms with Crippen LogP contribution >= 0.6 is 0 Å². The van der Waals surface area contributed by atoms with Crippen molar-refractivity contribution in [3.05, 3.63) is 29.8 Å². The number of likely N-dealkylation sites (tertiary alicyclic amines) is 1. The fraction of sp³-hybridized carbons (Fsp3) is 0.667. The van der Waals surface area contributed by atoms with E-state index >= 15 is 0 Å². The molecule has 0 amide bonds. The third-order valence-electron chi connectivity index (χ3n) is 4.08. The topological polar surface area (TPSA) is 38.5 Å². The Morgan fingerprint density at radius 2 is 1.71 bits per heavy atom. The van der Waals surface area contributed by atoms with Crippen LogP contribution in [0.15, 0.2) is 24.3 Å². The van der Waals surface area contributed by atoms with Crippen molar-refractivity contribution in [1.82, 2.24) is 4.90 Å². The summed E-state index contributed by atoms with van der Waals surface area (Å²) >= 11 is 0. The number of ether oxygens (including phenoxy) is 1. The third-order valence-corrected chi connectivity index (χ3v) is 4.08. The second-order valence-electron chi connectivity index (χ2n) is 7.01. The van der Waals surface area contributed by atoms with E-state index in [4.69, 9.17) is 10.5 Å². The van der Waals surface area contributed by atoms with Crippen molar-refractivity contribution < 1.29 is 4.74 Å². The molecule has 0 aliphatic carbocycles. The molecule has 3 heteroatoms. The van der Waals surface area contributed by atoms with E-state index < -0.39 is 0 Å². The molecule has 1 aliphatic heterocycles. The molecule has 3 unspecified atom stereocenters. The zero-order valence-corrected chi connectivity index (χ0v) is 13.9. The first kappa shape index (κ1) is 16.3. The minimum Gasteiger partial charge on any atom is -0.491 e. The van der Waals surface area contributed by atoms with Crippen molar-refractivity contribution in [2.75, 3.05) is 19.6 Å². The first-order valence-electron chi connectivity index (χ1n) is 8.18. The summed E-state index contributed by atoms with van der Waals surface area (Å²) in [5.41, 5.74) is 7.58. The van der Waals surface area contributed by atoms with Crippen LogP contribution in [0.1, 0.15) is 45.7 Å². The van der Waals surface area contributed by atoms with Crippen molar-refractivity contribution in [1.29, 1.82) is 0 Å². The summed E-state index contributed by atoms with van der Waals surface area (Å²) in [4.78, 5) is 2.52. The van der Waals surface area contributed by atoms with E-state index in [0.717, 1.165) is 24.1 Å². The molecule has 0 bridgehead atoms. The summed E-state index contributed by atoms with van der Waals surface area (Å²) in [6, 6.07) is 8.32. The van der Waals surface area contributed by atoms with Gasteiger partial charge in [0.2, 0.25) is 0 Å². The van der Waals surface area contributed by atoms with Crippen molar-refractivity contribution in [2.24, 2.45) is 17.6 Å². The molecule has 2 N–H and O–H groups in total. The van der Waals surface area contributed by atoms with Crippen molar-refractivity contribution in [3.63, 3.8) is 0 Å². The summed E-state index contributed by atoms with van der Waals surface area (Å²) in [7, 11) is 0. The van der Waals surface area contributed by atoms with E-state index in [1.54, 1.807) is 0 Å². The van der Waals surface area contributed by atoms with Gasteiger partial charge in [0.25, 0.3) is 0 Å². The van der Waals surface area contributed by atoms with Crippen LogP contribution in [0.2, 0.25) is 0 Å².